The van der Waals surface area contributed by atoms with E-state index in [-0.39, 0.29) is 18.3 Å². The molecule has 4 nitrogen and oxygen atoms in total. The first kappa shape index (κ1) is 15.3. The second-order valence-corrected chi connectivity index (χ2v) is 5.02. The minimum Gasteiger partial charge on any atom is -0.336 e. The Morgan fingerprint density at radius 1 is 1.61 bits per heavy atom. The summed E-state index contributed by atoms with van der Waals surface area (Å²) >= 11 is 1.55. The zero-order chi connectivity index (χ0) is 12.3. The summed E-state index contributed by atoms with van der Waals surface area (Å²) in [5.41, 5.74) is 0.735. The maximum absolute atomic E-state index is 12.3. The first-order valence-electron chi connectivity index (χ1n) is 5.73. The second-order valence-electron chi connectivity index (χ2n) is 4.19. The smallest absolute Gasteiger partial charge is 0.254 e. The van der Waals surface area contributed by atoms with Crippen LogP contribution in [-0.4, -0.2) is 47.7 Å². The highest BCUT2D eigenvalue weighted by Crippen LogP contribution is 2.14. The molecule has 1 aromatic rings. The Kier molecular flexibility index (Phi) is 5.91. The van der Waals surface area contributed by atoms with Gasteiger partial charge in [-0.2, -0.15) is 0 Å². The summed E-state index contributed by atoms with van der Waals surface area (Å²) in [7, 11) is 0. The van der Waals surface area contributed by atoms with Crippen molar-refractivity contribution in [3.05, 3.63) is 23.9 Å². The number of nitrogens with one attached hydrogen (secondary N) is 1. The number of carbonyl (C=O) groups is 1. The van der Waals surface area contributed by atoms with E-state index in [9.17, 15) is 4.79 Å². The van der Waals surface area contributed by atoms with Crippen LogP contribution in [0.1, 0.15) is 17.3 Å². The van der Waals surface area contributed by atoms with Crippen LogP contribution in [0.25, 0.3) is 0 Å². The summed E-state index contributed by atoms with van der Waals surface area (Å²) in [6.07, 6.45) is 3.66. The molecule has 1 fully saturated rings. The van der Waals surface area contributed by atoms with Crippen LogP contribution in [0, 0.1) is 0 Å². The summed E-state index contributed by atoms with van der Waals surface area (Å²) in [5, 5.41) is 4.22. The van der Waals surface area contributed by atoms with E-state index in [1.54, 1.807) is 24.0 Å². The molecule has 6 heteroatoms. The van der Waals surface area contributed by atoms with Crippen LogP contribution in [-0.2, 0) is 0 Å². The molecule has 0 radical (unpaired) electrons. The minimum atomic E-state index is 0. The van der Waals surface area contributed by atoms with Crippen LogP contribution in [0.4, 0.5) is 0 Å². The molecule has 2 rings (SSSR count). The molecule has 1 N–H and O–H groups in total. The Morgan fingerprint density at radius 3 is 3.06 bits per heavy atom. The number of thioether (sulfide) groups is 1. The van der Waals surface area contributed by atoms with E-state index in [1.165, 1.54) is 0 Å². The van der Waals surface area contributed by atoms with E-state index < -0.39 is 0 Å². The van der Waals surface area contributed by atoms with Crippen LogP contribution >= 0.6 is 24.2 Å². The molecule has 2 heterocycles. The van der Waals surface area contributed by atoms with Crippen molar-refractivity contribution in [2.24, 2.45) is 0 Å². The van der Waals surface area contributed by atoms with Crippen molar-refractivity contribution in [3.8, 4) is 0 Å². The van der Waals surface area contributed by atoms with Gasteiger partial charge in [-0.3, -0.25) is 4.79 Å². The first-order valence-corrected chi connectivity index (χ1v) is 6.96. The van der Waals surface area contributed by atoms with Gasteiger partial charge in [-0.25, -0.2) is 4.98 Å². The third kappa shape index (κ3) is 3.60. The van der Waals surface area contributed by atoms with Gasteiger partial charge >= 0.3 is 0 Å². The fourth-order valence-corrected chi connectivity index (χ4v) is 2.36. The van der Waals surface area contributed by atoms with Gasteiger partial charge < -0.3 is 10.2 Å². The molecular formula is C12H18ClN3OS. The molecule has 0 aromatic carbocycles. The van der Waals surface area contributed by atoms with E-state index in [0.29, 0.717) is 6.04 Å². The van der Waals surface area contributed by atoms with Crippen molar-refractivity contribution in [2.75, 3.05) is 25.9 Å². The lowest BCUT2D eigenvalue weighted by atomic mass is 10.2. The summed E-state index contributed by atoms with van der Waals surface area (Å²) in [6, 6.07) is 4.02. The number of halogens is 1. The molecule has 0 bridgehead atoms. The van der Waals surface area contributed by atoms with Crippen molar-refractivity contribution in [2.45, 2.75) is 18.0 Å². The third-order valence-corrected chi connectivity index (χ3v) is 3.49. The van der Waals surface area contributed by atoms with Gasteiger partial charge in [-0.1, -0.05) is 0 Å². The number of carbonyl (C=O) groups excluding carboxylic acids is 1. The predicted octanol–water partition coefficient (Wildman–Crippen LogP) is 1.66. The van der Waals surface area contributed by atoms with Gasteiger partial charge in [0.25, 0.3) is 5.91 Å². The Labute approximate surface area is 118 Å². The number of pyridine rings is 1. The molecule has 100 valence electrons. The number of rotatable bonds is 2. The fourth-order valence-electron chi connectivity index (χ4n) is 1.95. The van der Waals surface area contributed by atoms with Crippen molar-refractivity contribution in [3.63, 3.8) is 0 Å². The molecule has 1 aromatic heterocycles. The normalized spacial score (nSPS) is 19.2. The number of hydrogen-bond acceptors (Lipinski definition) is 4. The fraction of sp³-hybridized carbons (Fsp3) is 0.500. The number of aromatic nitrogens is 1. The number of hydrogen-bond donors (Lipinski definition) is 1. The highest BCUT2D eigenvalue weighted by atomic mass is 35.5. The average Bonchev–Trinajstić information content (AvgIpc) is 2.38. The average molecular weight is 288 g/mol. The number of nitrogens with zero attached hydrogens (tertiary/aromatic N) is 2. The highest BCUT2D eigenvalue weighted by molar-refractivity contribution is 7.98. The van der Waals surface area contributed by atoms with Gasteiger partial charge in [0, 0.05) is 37.4 Å². The van der Waals surface area contributed by atoms with E-state index in [1.807, 2.05) is 17.2 Å². The molecule has 18 heavy (non-hydrogen) atoms. The van der Waals surface area contributed by atoms with Crippen molar-refractivity contribution in [1.82, 2.24) is 15.2 Å². The van der Waals surface area contributed by atoms with E-state index in [4.69, 9.17) is 0 Å². The van der Waals surface area contributed by atoms with E-state index >= 15 is 0 Å². The van der Waals surface area contributed by atoms with Crippen LogP contribution in [0.3, 0.4) is 0 Å². The van der Waals surface area contributed by atoms with Gasteiger partial charge in [0.1, 0.15) is 0 Å². The van der Waals surface area contributed by atoms with Gasteiger partial charge in [0.05, 0.1) is 5.03 Å². The summed E-state index contributed by atoms with van der Waals surface area (Å²) in [6.45, 7) is 4.52. The van der Waals surface area contributed by atoms with Crippen LogP contribution in [0.5, 0.6) is 0 Å². The third-order valence-electron chi connectivity index (χ3n) is 2.85. The number of piperazine rings is 1. The zero-order valence-electron chi connectivity index (χ0n) is 10.5. The monoisotopic (exact) mass is 287 g/mol. The molecule has 1 amide bonds. The van der Waals surface area contributed by atoms with E-state index in [0.717, 1.165) is 30.2 Å². The van der Waals surface area contributed by atoms with Crippen LogP contribution in [0.2, 0.25) is 0 Å². The Morgan fingerprint density at radius 2 is 2.39 bits per heavy atom. The van der Waals surface area contributed by atoms with Gasteiger partial charge in [-0.05, 0) is 25.3 Å². The lowest BCUT2D eigenvalue weighted by Crippen LogP contribution is -2.51. The molecule has 1 atom stereocenters. The van der Waals surface area contributed by atoms with Crippen LogP contribution in [0.15, 0.2) is 23.4 Å². The van der Waals surface area contributed by atoms with Gasteiger partial charge in [-0.15, -0.1) is 24.2 Å². The minimum absolute atomic E-state index is 0. The quantitative estimate of drug-likeness (QED) is 0.841. The summed E-state index contributed by atoms with van der Waals surface area (Å²) in [5.74, 6) is 0.107. The molecule has 1 aliphatic heterocycles. The first-order chi connectivity index (χ1) is 8.20. The maximum Gasteiger partial charge on any atom is 0.254 e. The Bertz CT molecular complexity index is 416. The zero-order valence-corrected chi connectivity index (χ0v) is 12.2. The maximum atomic E-state index is 12.3. The summed E-state index contributed by atoms with van der Waals surface area (Å²) in [4.78, 5) is 18.4. The molecule has 0 aliphatic carbocycles. The van der Waals surface area contributed by atoms with E-state index in [2.05, 4.69) is 17.2 Å². The highest BCUT2D eigenvalue weighted by Gasteiger charge is 2.21. The van der Waals surface area contributed by atoms with Crippen molar-refractivity contribution < 1.29 is 4.79 Å². The van der Waals surface area contributed by atoms with Crippen molar-refractivity contribution in [1.29, 1.82) is 0 Å². The molecule has 1 aliphatic rings. The standard InChI is InChI=1S/C12H17N3OS.ClH/c1-9-8-15(6-5-13-9)12(16)10-3-4-14-11(7-10)17-2;/h3-4,7,9,13H,5-6,8H2,1-2H3;1H/t9-;/m1./s1. The molecular weight excluding hydrogens is 270 g/mol. The number of amides is 1. The van der Waals surface area contributed by atoms with Crippen LogP contribution < -0.4 is 5.32 Å². The lowest BCUT2D eigenvalue weighted by Gasteiger charge is -2.32. The van der Waals surface area contributed by atoms with Crippen molar-refractivity contribution >= 4 is 30.1 Å². The Balaban J connectivity index is 0.00000162. The predicted molar refractivity (Wildman–Crippen MR) is 76.6 cm³/mol. The molecule has 1 saturated heterocycles. The summed E-state index contributed by atoms with van der Waals surface area (Å²) < 4.78 is 0. The van der Waals surface area contributed by atoms with Gasteiger partial charge in [0.2, 0.25) is 0 Å². The van der Waals surface area contributed by atoms with Gasteiger partial charge in [0.15, 0.2) is 0 Å². The SMILES string of the molecule is CSc1cc(C(=O)N2CCN[C@H](C)C2)ccn1.Cl. The molecule has 0 saturated carbocycles. The molecule has 0 spiro atoms. The molecule has 0 unspecified atom stereocenters. The second kappa shape index (κ2) is 6.97. The topological polar surface area (TPSA) is 45.2 Å². The lowest BCUT2D eigenvalue weighted by molar-refractivity contribution is 0.0708. The Hall–Kier alpha value is -0.780. The largest absolute Gasteiger partial charge is 0.336 e.